The Labute approximate surface area is 185 Å². The van der Waals surface area contributed by atoms with Crippen LogP contribution < -0.4 is 10.2 Å². The van der Waals surface area contributed by atoms with Gasteiger partial charge in [0.15, 0.2) is 11.4 Å². The Morgan fingerprint density at radius 1 is 1.37 bits per heavy atom. The number of aliphatic hydroxyl groups is 1. The Kier molecular flexibility index (Phi) is 4.12. The maximum absolute atomic E-state index is 12.6. The highest BCUT2D eigenvalue weighted by molar-refractivity contribution is 7.85. The van der Waals surface area contributed by atoms with Crippen LogP contribution in [0, 0.1) is 0 Å². The standard InChI is InChI=1S/C19H23ClN6O3S/c1-29-19(16-21-7-12(20)8-22-16)9-26(10-19)17-23-13-3-6-30(28)14(13)15(24-17)25-18(11-27)4-2-5-18/h7-8,27H,2-6,9-11H2,1H3,(H,23,24,25)/i1D3. The zero-order valence-electron chi connectivity index (χ0n) is 19.1. The van der Waals surface area contributed by atoms with E-state index in [9.17, 15) is 9.32 Å². The highest BCUT2D eigenvalue weighted by atomic mass is 35.5. The minimum Gasteiger partial charge on any atom is -0.394 e. The van der Waals surface area contributed by atoms with Crippen LogP contribution in [0.5, 0.6) is 0 Å². The van der Waals surface area contributed by atoms with Gasteiger partial charge >= 0.3 is 0 Å². The number of anilines is 2. The molecule has 2 aliphatic heterocycles. The number of hydrogen-bond acceptors (Lipinski definition) is 9. The predicted molar refractivity (Wildman–Crippen MR) is 112 cm³/mol. The van der Waals surface area contributed by atoms with Crippen LogP contribution in [0.2, 0.25) is 5.02 Å². The smallest absolute Gasteiger partial charge is 0.227 e. The average molecular weight is 454 g/mol. The van der Waals surface area contributed by atoms with Crippen LogP contribution in [0.1, 0.15) is 34.9 Å². The number of aryl methyl sites for hydroxylation is 1. The van der Waals surface area contributed by atoms with Gasteiger partial charge in [0.05, 0.1) is 50.9 Å². The molecule has 4 heterocycles. The minimum absolute atomic E-state index is 0.0408. The summed E-state index contributed by atoms with van der Waals surface area (Å²) in [5, 5.41) is 13.5. The van der Waals surface area contributed by atoms with Crippen molar-refractivity contribution in [1.82, 2.24) is 19.9 Å². The first-order valence-electron chi connectivity index (χ1n) is 11.2. The van der Waals surface area contributed by atoms with Gasteiger partial charge < -0.3 is 20.1 Å². The van der Waals surface area contributed by atoms with Crippen molar-refractivity contribution >= 4 is 34.2 Å². The van der Waals surface area contributed by atoms with Crippen molar-refractivity contribution in [3.05, 3.63) is 28.9 Å². The van der Waals surface area contributed by atoms with Crippen molar-refractivity contribution in [2.24, 2.45) is 0 Å². The van der Waals surface area contributed by atoms with Crippen molar-refractivity contribution in [3.63, 3.8) is 0 Å². The van der Waals surface area contributed by atoms with E-state index in [2.05, 4.69) is 25.3 Å². The van der Waals surface area contributed by atoms with Gasteiger partial charge in [-0.25, -0.2) is 15.0 Å². The van der Waals surface area contributed by atoms with Crippen LogP contribution in [0.25, 0.3) is 0 Å². The first kappa shape index (κ1) is 16.8. The number of aromatic nitrogens is 4. The lowest BCUT2D eigenvalue weighted by atomic mass is 9.77. The van der Waals surface area contributed by atoms with Gasteiger partial charge in [-0.2, -0.15) is 4.98 Å². The van der Waals surface area contributed by atoms with E-state index in [1.807, 2.05) is 0 Å². The summed E-state index contributed by atoms with van der Waals surface area (Å²) in [5.74, 6) is 1.53. The molecule has 0 aromatic carbocycles. The van der Waals surface area contributed by atoms with Crippen molar-refractivity contribution < 1.29 is 18.2 Å². The number of ether oxygens (including phenoxy) is 1. The molecule has 5 rings (SSSR count). The van der Waals surface area contributed by atoms with Crippen molar-refractivity contribution in [2.75, 3.05) is 42.7 Å². The van der Waals surface area contributed by atoms with Crippen LogP contribution in [0.3, 0.4) is 0 Å². The third kappa shape index (κ3) is 3.17. The van der Waals surface area contributed by atoms with E-state index >= 15 is 0 Å². The first-order valence-corrected chi connectivity index (χ1v) is 11.4. The molecule has 1 saturated heterocycles. The Morgan fingerprint density at radius 2 is 2.13 bits per heavy atom. The van der Waals surface area contributed by atoms with Crippen LogP contribution in [-0.2, 0) is 27.6 Å². The summed E-state index contributed by atoms with van der Waals surface area (Å²) in [6, 6.07) is 0. The topological polar surface area (TPSA) is 113 Å². The highest BCUT2D eigenvalue weighted by Gasteiger charge is 2.49. The van der Waals surface area contributed by atoms with Crippen LogP contribution in [-0.4, -0.2) is 67.3 Å². The fourth-order valence-corrected chi connectivity index (χ4v) is 5.50. The molecular weight excluding hydrogens is 428 g/mol. The molecule has 0 bridgehead atoms. The molecule has 1 aliphatic carbocycles. The second-order valence-corrected chi connectivity index (χ2v) is 9.99. The van der Waals surface area contributed by atoms with E-state index in [0.717, 1.165) is 19.3 Å². The molecule has 1 saturated carbocycles. The average Bonchev–Trinajstić information content (AvgIpc) is 3.08. The molecule has 160 valence electrons. The van der Waals surface area contributed by atoms with Crippen molar-refractivity contribution in [2.45, 2.75) is 41.7 Å². The molecule has 1 atom stereocenters. The molecule has 2 aromatic heterocycles. The normalized spacial score (nSPS) is 25.3. The van der Waals surface area contributed by atoms with E-state index < -0.39 is 29.0 Å². The minimum atomic E-state index is -2.66. The molecule has 0 radical (unpaired) electrons. The molecule has 11 heteroatoms. The number of fused-ring (bicyclic) bond motifs is 1. The largest absolute Gasteiger partial charge is 0.394 e. The maximum atomic E-state index is 12.6. The monoisotopic (exact) mass is 453 g/mol. The van der Waals surface area contributed by atoms with E-state index in [1.165, 1.54) is 12.4 Å². The predicted octanol–water partition coefficient (Wildman–Crippen LogP) is 1.27. The summed E-state index contributed by atoms with van der Waals surface area (Å²) in [6.45, 7) is 0.208. The number of rotatable bonds is 6. The maximum Gasteiger partial charge on any atom is 0.227 e. The van der Waals surface area contributed by atoms with Gasteiger partial charge in [-0.1, -0.05) is 11.6 Å². The fourth-order valence-electron chi connectivity index (χ4n) is 4.10. The van der Waals surface area contributed by atoms with Gasteiger partial charge in [-0.05, 0) is 19.3 Å². The summed E-state index contributed by atoms with van der Waals surface area (Å²) in [5.41, 5.74) is -1.04. The fraction of sp³-hybridized carbons (Fsp3) is 0.579. The van der Waals surface area contributed by atoms with Gasteiger partial charge in [0.2, 0.25) is 5.95 Å². The van der Waals surface area contributed by atoms with Gasteiger partial charge in [-0.15, -0.1) is 0 Å². The SMILES string of the molecule is [2H]C([2H])([2H])OC1(c2ncc(Cl)cn2)CN(c2nc3c(c(NC4(CO)CCC4)n2)S(=O)CC3)C1. The Hall–Kier alpha value is -1.88. The molecule has 0 spiro atoms. The third-order valence-corrected chi connectivity index (χ3v) is 7.73. The zero-order valence-corrected chi connectivity index (χ0v) is 17.7. The molecule has 30 heavy (non-hydrogen) atoms. The van der Waals surface area contributed by atoms with Gasteiger partial charge in [0.1, 0.15) is 10.7 Å². The number of aliphatic hydroxyl groups excluding tert-OH is 1. The van der Waals surface area contributed by atoms with Crippen molar-refractivity contribution in [3.8, 4) is 0 Å². The second-order valence-electron chi connectivity index (χ2n) is 8.04. The van der Waals surface area contributed by atoms with Gasteiger partial charge in [0.25, 0.3) is 0 Å². The molecule has 2 N–H and O–H groups in total. The summed E-state index contributed by atoms with van der Waals surface area (Å²) in [4.78, 5) is 20.0. The van der Waals surface area contributed by atoms with Crippen LogP contribution >= 0.6 is 11.6 Å². The van der Waals surface area contributed by atoms with E-state index in [1.54, 1.807) is 4.90 Å². The molecule has 2 fully saturated rings. The molecule has 1 unspecified atom stereocenters. The Bertz CT molecular complexity index is 1090. The van der Waals surface area contributed by atoms with Crippen LogP contribution in [0.15, 0.2) is 17.3 Å². The van der Waals surface area contributed by atoms with Crippen molar-refractivity contribution in [1.29, 1.82) is 0 Å². The molecule has 0 amide bonds. The molecule has 2 aromatic rings. The van der Waals surface area contributed by atoms with E-state index in [-0.39, 0.29) is 25.5 Å². The Balaban J connectivity index is 1.46. The zero-order chi connectivity index (χ0) is 23.4. The molecule has 3 aliphatic rings. The quantitative estimate of drug-likeness (QED) is 0.667. The van der Waals surface area contributed by atoms with Gasteiger partial charge in [-0.3, -0.25) is 4.21 Å². The number of halogens is 1. The summed E-state index contributed by atoms with van der Waals surface area (Å²) in [7, 11) is -3.87. The van der Waals surface area contributed by atoms with Gasteiger partial charge in [0, 0.05) is 31.6 Å². The highest BCUT2D eigenvalue weighted by Crippen LogP contribution is 2.40. The van der Waals surface area contributed by atoms with Crippen LogP contribution in [0.4, 0.5) is 11.8 Å². The number of hydrogen-bond donors (Lipinski definition) is 2. The summed E-state index contributed by atoms with van der Waals surface area (Å²) >= 11 is 5.89. The third-order valence-electron chi connectivity index (χ3n) is 6.07. The Morgan fingerprint density at radius 3 is 2.77 bits per heavy atom. The lowest BCUT2D eigenvalue weighted by Crippen LogP contribution is -2.62. The lowest BCUT2D eigenvalue weighted by molar-refractivity contribution is -0.0461. The molecule has 9 nitrogen and oxygen atoms in total. The first-order chi connectivity index (χ1) is 15.6. The van der Waals surface area contributed by atoms with E-state index in [0.29, 0.717) is 39.6 Å². The lowest BCUT2D eigenvalue weighted by Gasteiger charge is -2.47. The number of methoxy groups -OCH3 is 1. The summed E-state index contributed by atoms with van der Waals surface area (Å²) in [6.07, 6.45) is 5.96. The summed E-state index contributed by atoms with van der Waals surface area (Å²) < 4.78 is 40.9. The molecular formula is C19H23ClN6O3S. The second kappa shape index (κ2) is 7.37. The number of nitrogens with one attached hydrogen (secondary N) is 1. The van der Waals surface area contributed by atoms with E-state index in [4.69, 9.17) is 20.5 Å². The number of nitrogens with zero attached hydrogens (tertiary/aromatic N) is 5.